The molecule has 2 heterocycles. The van der Waals surface area contributed by atoms with Gasteiger partial charge in [-0.15, -0.1) is 0 Å². The number of nitrogens with one attached hydrogen (secondary N) is 1. The topological polar surface area (TPSA) is 24.5 Å². The van der Waals surface area contributed by atoms with Crippen molar-refractivity contribution < 1.29 is 4.74 Å². The van der Waals surface area contributed by atoms with Crippen molar-refractivity contribution in [2.24, 2.45) is 5.92 Å². The Bertz CT molecular complexity index is 196. The zero-order valence-electron chi connectivity index (χ0n) is 11.3. The minimum Gasteiger partial charge on any atom is -0.376 e. The lowest BCUT2D eigenvalue weighted by molar-refractivity contribution is 0.0151. The summed E-state index contributed by atoms with van der Waals surface area (Å²) in [5.41, 5.74) is 0. The van der Waals surface area contributed by atoms with Crippen LogP contribution >= 0.6 is 0 Å². The molecule has 2 aliphatic rings. The lowest BCUT2D eigenvalue weighted by atomic mass is 9.92. The Morgan fingerprint density at radius 3 is 2.71 bits per heavy atom. The SMILES string of the molecule is CCCC1CCN(CCC2CNCCO2)CC1. The van der Waals surface area contributed by atoms with Crippen molar-refractivity contribution in [3.05, 3.63) is 0 Å². The zero-order chi connectivity index (χ0) is 11.9. The van der Waals surface area contributed by atoms with E-state index in [9.17, 15) is 0 Å². The normalized spacial score (nSPS) is 28.4. The number of morpholine rings is 1. The molecule has 3 nitrogen and oxygen atoms in total. The molecule has 3 heteroatoms. The van der Waals surface area contributed by atoms with E-state index in [0.29, 0.717) is 6.10 Å². The van der Waals surface area contributed by atoms with E-state index in [0.717, 1.165) is 25.6 Å². The number of hydrogen-bond acceptors (Lipinski definition) is 3. The Hall–Kier alpha value is -0.120. The number of ether oxygens (including phenoxy) is 1. The van der Waals surface area contributed by atoms with Gasteiger partial charge in [0.2, 0.25) is 0 Å². The van der Waals surface area contributed by atoms with E-state index in [1.807, 2.05) is 0 Å². The summed E-state index contributed by atoms with van der Waals surface area (Å²) in [6.07, 6.45) is 7.27. The highest BCUT2D eigenvalue weighted by molar-refractivity contribution is 4.74. The van der Waals surface area contributed by atoms with Crippen LogP contribution in [0.1, 0.15) is 39.0 Å². The zero-order valence-corrected chi connectivity index (χ0v) is 11.3. The van der Waals surface area contributed by atoms with E-state index in [4.69, 9.17) is 4.74 Å². The Morgan fingerprint density at radius 2 is 2.06 bits per heavy atom. The van der Waals surface area contributed by atoms with Gasteiger partial charge in [-0.1, -0.05) is 19.8 Å². The molecule has 0 amide bonds. The van der Waals surface area contributed by atoms with E-state index in [1.54, 1.807) is 0 Å². The fourth-order valence-electron chi connectivity index (χ4n) is 3.04. The summed E-state index contributed by atoms with van der Waals surface area (Å²) in [7, 11) is 0. The smallest absolute Gasteiger partial charge is 0.0712 e. The first-order valence-corrected chi connectivity index (χ1v) is 7.43. The molecule has 0 aliphatic carbocycles. The Kier molecular flexibility index (Phi) is 5.75. The average molecular weight is 240 g/mol. The predicted molar refractivity (Wildman–Crippen MR) is 71.3 cm³/mol. The molecule has 0 aromatic carbocycles. The van der Waals surface area contributed by atoms with Gasteiger partial charge in [0, 0.05) is 19.6 Å². The maximum absolute atomic E-state index is 5.74. The summed E-state index contributed by atoms with van der Waals surface area (Å²) in [6, 6.07) is 0. The van der Waals surface area contributed by atoms with Crippen molar-refractivity contribution in [2.45, 2.75) is 45.1 Å². The maximum Gasteiger partial charge on any atom is 0.0712 e. The third kappa shape index (κ3) is 4.57. The molecule has 1 atom stereocenters. The Balaban J connectivity index is 1.57. The molecule has 17 heavy (non-hydrogen) atoms. The van der Waals surface area contributed by atoms with Gasteiger partial charge in [-0.3, -0.25) is 0 Å². The molecule has 0 saturated carbocycles. The lowest BCUT2D eigenvalue weighted by Crippen LogP contribution is -2.41. The number of likely N-dealkylation sites (tertiary alicyclic amines) is 1. The van der Waals surface area contributed by atoms with Gasteiger partial charge in [-0.05, 0) is 38.3 Å². The van der Waals surface area contributed by atoms with Crippen LogP contribution in [-0.2, 0) is 4.74 Å². The molecule has 2 aliphatic heterocycles. The summed E-state index contributed by atoms with van der Waals surface area (Å²) in [4.78, 5) is 2.63. The highest BCUT2D eigenvalue weighted by Crippen LogP contribution is 2.21. The van der Waals surface area contributed by atoms with Crippen molar-refractivity contribution in [3.8, 4) is 0 Å². The Labute approximate surface area is 106 Å². The van der Waals surface area contributed by atoms with Crippen LogP contribution in [0.3, 0.4) is 0 Å². The number of hydrogen-bond donors (Lipinski definition) is 1. The summed E-state index contributed by atoms with van der Waals surface area (Å²) >= 11 is 0. The van der Waals surface area contributed by atoms with Crippen molar-refractivity contribution in [1.29, 1.82) is 0 Å². The minimum absolute atomic E-state index is 0.456. The average Bonchev–Trinajstić information content (AvgIpc) is 2.40. The van der Waals surface area contributed by atoms with Crippen LogP contribution in [0, 0.1) is 5.92 Å². The summed E-state index contributed by atoms with van der Waals surface area (Å²) in [5.74, 6) is 1.00. The van der Waals surface area contributed by atoms with Crippen molar-refractivity contribution in [1.82, 2.24) is 10.2 Å². The molecule has 1 N–H and O–H groups in total. The molecule has 2 rings (SSSR count). The molecule has 0 aromatic heterocycles. The molecule has 2 saturated heterocycles. The first-order chi connectivity index (χ1) is 8.38. The van der Waals surface area contributed by atoms with Crippen LogP contribution in [0.25, 0.3) is 0 Å². The van der Waals surface area contributed by atoms with Crippen molar-refractivity contribution >= 4 is 0 Å². The van der Waals surface area contributed by atoms with Gasteiger partial charge in [-0.25, -0.2) is 0 Å². The maximum atomic E-state index is 5.74. The number of piperidine rings is 1. The van der Waals surface area contributed by atoms with Crippen molar-refractivity contribution in [3.63, 3.8) is 0 Å². The predicted octanol–water partition coefficient (Wildman–Crippen LogP) is 1.88. The van der Waals surface area contributed by atoms with Gasteiger partial charge in [0.25, 0.3) is 0 Å². The summed E-state index contributed by atoms with van der Waals surface area (Å²) < 4.78 is 5.74. The molecule has 0 bridgehead atoms. The van der Waals surface area contributed by atoms with E-state index < -0.39 is 0 Å². The van der Waals surface area contributed by atoms with E-state index >= 15 is 0 Å². The van der Waals surface area contributed by atoms with Crippen LogP contribution < -0.4 is 5.32 Å². The van der Waals surface area contributed by atoms with E-state index in [-0.39, 0.29) is 0 Å². The number of rotatable bonds is 5. The van der Waals surface area contributed by atoms with Gasteiger partial charge >= 0.3 is 0 Å². The molecular formula is C14H28N2O. The van der Waals surface area contributed by atoms with Gasteiger partial charge in [0.1, 0.15) is 0 Å². The second-order valence-electron chi connectivity index (χ2n) is 5.56. The first kappa shape index (κ1) is 13.3. The van der Waals surface area contributed by atoms with Crippen LogP contribution in [0.15, 0.2) is 0 Å². The van der Waals surface area contributed by atoms with Crippen LogP contribution in [0.5, 0.6) is 0 Å². The summed E-state index contributed by atoms with van der Waals surface area (Å²) in [5, 5.41) is 3.40. The molecular weight excluding hydrogens is 212 g/mol. The second-order valence-corrected chi connectivity index (χ2v) is 5.56. The fourth-order valence-corrected chi connectivity index (χ4v) is 3.04. The fraction of sp³-hybridized carbons (Fsp3) is 1.00. The second kappa shape index (κ2) is 7.34. The molecule has 1 unspecified atom stereocenters. The lowest BCUT2D eigenvalue weighted by Gasteiger charge is -2.33. The molecule has 0 aromatic rings. The third-order valence-corrected chi connectivity index (χ3v) is 4.18. The molecule has 2 fully saturated rings. The standard InChI is InChI=1S/C14H28N2O/c1-2-3-13-4-8-16(9-5-13)10-6-14-12-15-7-11-17-14/h13-15H,2-12H2,1H3. The van der Waals surface area contributed by atoms with Crippen LogP contribution in [0.2, 0.25) is 0 Å². The van der Waals surface area contributed by atoms with E-state index in [2.05, 4.69) is 17.1 Å². The van der Waals surface area contributed by atoms with Crippen LogP contribution in [-0.4, -0.2) is 50.3 Å². The quantitative estimate of drug-likeness (QED) is 0.794. The minimum atomic E-state index is 0.456. The van der Waals surface area contributed by atoms with Crippen LogP contribution in [0.4, 0.5) is 0 Å². The van der Waals surface area contributed by atoms with Gasteiger partial charge in [-0.2, -0.15) is 0 Å². The monoisotopic (exact) mass is 240 g/mol. The third-order valence-electron chi connectivity index (χ3n) is 4.18. The highest BCUT2D eigenvalue weighted by atomic mass is 16.5. The number of nitrogens with zero attached hydrogens (tertiary/aromatic N) is 1. The largest absolute Gasteiger partial charge is 0.376 e. The van der Waals surface area contributed by atoms with Crippen molar-refractivity contribution in [2.75, 3.05) is 39.3 Å². The molecule has 0 spiro atoms. The molecule has 100 valence electrons. The van der Waals surface area contributed by atoms with Gasteiger partial charge in [0.05, 0.1) is 12.7 Å². The molecule has 0 radical (unpaired) electrons. The van der Waals surface area contributed by atoms with E-state index in [1.165, 1.54) is 51.7 Å². The first-order valence-electron chi connectivity index (χ1n) is 7.43. The Morgan fingerprint density at radius 1 is 1.24 bits per heavy atom. The highest BCUT2D eigenvalue weighted by Gasteiger charge is 2.20. The van der Waals surface area contributed by atoms with Gasteiger partial charge < -0.3 is 15.0 Å². The van der Waals surface area contributed by atoms with Gasteiger partial charge in [0.15, 0.2) is 0 Å². The summed E-state index contributed by atoms with van der Waals surface area (Å²) in [6.45, 7) is 9.12.